The van der Waals surface area contributed by atoms with E-state index in [1.807, 2.05) is 40.4 Å². The lowest BCUT2D eigenvalue weighted by Gasteiger charge is -2.22. The lowest BCUT2D eigenvalue weighted by Crippen LogP contribution is -2.40. The van der Waals surface area contributed by atoms with Crippen LogP contribution in [0.1, 0.15) is 35.4 Å². The number of amides is 2. The average molecular weight is 410 g/mol. The number of rotatable bonds is 5. The highest BCUT2D eigenvalue weighted by Crippen LogP contribution is 2.30. The molecule has 150 valence electrons. The van der Waals surface area contributed by atoms with Crippen LogP contribution in [0.25, 0.3) is 16.8 Å². The van der Waals surface area contributed by atoms with Gasteiger partial charge in [-0.25, -0.2) is 4.98 Å². The number of hydrogen-bond donors (Lipinski definition) is 2. The van der Waals surface area contributed by atoms with Crippen LogP contribution in [0.2, 0.25) is 0 Å². The minimum absolute atomic E-state index is 0.0467. The Labute approximate surface area is 172 Å². The first-order valence-corrected chi connectivity index (χ1v) is 10.8. The summed E-state index contributed by atoms with van der Waals surface area (Å²) in [5.41, 5.74) is 2.75. The number of carbonyl (C=O) groups excluding carboxylic acids is 2. The second-order valence-electron chi connectivity index (χ2n) is 7.66. The predicted octanol–water partition coefficient (Wildman–Crippen LogP) is 3.32. The monoisotopic (exact) mass is 410 g/mol. The van der Waals surface area contributed by atoms with Crippen LogP contribution in [0.5, 0.6) is 0 Å². The lowest BCUT2D eigenvalue weighted by molar-refractivity contribution is -0.117. The molecule has 2 amide bonds. The fourth-order valence-corrected chi connectivity index (χ4v) is 4.33. The van der Waals surface area contributed by atoms with Crippen LogP contribution in [0.4, 0.5) is 5.82 Å². The third kappa shape index (κ3) is 4.04. The van der Waals surface area contributed by atoms with E-state index in [4.69, 9.17) is 4.74 Å². The summed E-state index contributed by atoms with van der Waals surface area (Å²) in [6.07, 6.45) is 7.65. The number of anilines is 1. The Hall–Kier alpha value is -2.71. The SMILES string of the molecule is O=C(N[C@H]1CCCOC1)c1cc(-c2ccc3nc(NC(=O)C4CC4)cn3c2)cs1. The van der Waals surface area contributed by atoms with Crippen LogP contribution in [0.15, 0.2) is 36.0 Å². The van der Waals surface area contributed by atoms with Gasteiger partial charge < -0.3 is 19.8 Å². The van der Waals surface area contributed by atoms with E-state index in [1.165, 1.54) is 11.3 Å². The van der Waals surface area contributed by atoms with Crippen molar-refractivity contribution in [1.29, 1.82) is 0 Å². The third-order valence-electron chi connectivity index (χ3n) is 5.30. The van der Waals surface area contributed by atoms with E-state index < -0.39 is 0 Å². The molecule has 7 nitrogen and oxygen atoms in total. The van der Waals surface area contributed by atoms with Gasteiger partial charge in [-0.15, -0.1) is 11.3 Å². The number of pyridine rings is 1. The number of thiophene rings is 1. The molecule has 2 N–H and O–H groups in total. The first-order valence-electron chi connectivity index (χ1n) is 9.93. The number of fused-ring (bicyclic) bond motifs is 1. The second-order valence-corrected chi connectivity index (χ2v) is 8.57. The maximum atomic E-state index is 12.5. The summed E-state index contributed by atoms with van der Waals surface area (Å²) in [6.45, 7) is 1.36. The topological polar surface area (TPSA) is 84.7 Å². The van der Waals surface area contributed by atoms with E-state index in [-0.39, 0.29) is 23.8 Å². The number of aromatic nitrogens is 2. The number of ether oxygens (including phenoxy) is 1. The summed E-state index contributed by atoms with van der Waals surface area (Å²) in [5.74, 6) is 0.709. The second kappa shape index (κ2) is 7.61. The Morgan fingerprint density at radius 3 is 2.86 bits per heavy atom. The molecule has 1 saturated carbocycles. The van der Waals surface area contributed by atoms with Crippen molar-refractivity contribution in [2.24, 2.45) is 5.92 Å². The van der Waals surface area contributed by atoms with Gasteiger partial charge >= 0.3 is 0 Å². The maximum absolute atomic E-state index is 12.5. The molecule has 1 aliphatic heterocycles. The van der Waals surface area contributed by atoms with Crippen LogP contribution in [0, 0.1) is 5.92 Å². The zero-order valence-electron chi connectivity index (χ0n) is 15.9. The fraction of sp³-hybridized carbons (Fsp3) is 0.381. The number of nitrogens with one attached hydrogen (secondary N) is 2. The summed E-state index contributed by atoms with van der Waals surface area (Å²) >= 11 is 1.44. The van der Waals surface area contributed by atoms with Crippen LogP contribution in [0.3, 0.4) is 0 Å². The van der Waals surface area contributed by atoms with E-state index in [1.54, 1.807) is 0 Å². The molecule has 0 aromatic carbocycles. The minimum atomic E-state index is -0.0504. The van der Waals surface area contributed by atoms with E-state index >= 15 is 0 Å². The van der Waals surface area contributed by atoms with Gasteiger partial charge in [0.15, 0.2) is 5.82 Å². The smallest absolute Gasteiger partial charge is 0.261 e. The molecule has 0 unspecified atom stereocenters. The predicted molar refractivity (Wildman–Crippen MR) is 111 cm³/mol. The van der Waals surface area contributed by atoms with Gasteiger partial charge in [0.1, 0.15) is 5.65 Å². The first-order chi connectivity index (χ1) is 14.2. The molecule has 3 aromatic heterocycles. The van der Waals surface area contributed by atoms with Crippen molar-refractivity contribution in [2.75, 3.05) is 18.5 Å². The van der Waals surface area contributed by atoms with Crippen molar-refractivity contribution >= 4 is 34.6 Å². The van der Waals surface area contributed by atoms with Crippen LogP contribution in [-0.4, -0.2) is 40.5 Å². The Bertz CT molecular complexity index is 1060. The highest BCUT2D eigenvalue weighted by atomic mass is 32.1. The van der Waals surface area contributed by atoms with Gasteiger partial charge in [0.2, 0.25) is 5.91 Å². The third-order valence-corrected chi connectivity index (χ3v) is 6.23. The molecule has 2 aliphatic rings. The summed E-state index contributed by atoms with van der Waals surface area (Å²) in [7, 11) is 0. The van der Waals surface area contributed by atoms with E-state index in [0.717, 1.165) is 49.1 Å². The molecule has 0 bridgehead atoms. The molecule has 8 heteroatoms. The molecule has 1 atom stereocenters. The summed E-state index contributed by atoms with van der Waals surface area (Å²) < 4.78 is 7.33. The van der Waals surface area contributed by atoms with Gasteiger partial charge in [-0.3, -0.25) is 9.59 Å². The number of imidazole rings is 1. The molecule has 1 aliphatic carbocycles. The van der Waals surface area contributed by atoms with Crippen molar-refractivity contribution < 1.29 is 14.3 Å². The van der Waals surface area contributed by atoms with Crippen LogP contribution < -0.4 is 10.6 Å². The molecule has 0 radical (unpaired) electrons. The maximum Gasteiger partial charge on any atom is 0.261 e. The summed E-state index contributed by atoms with van der Waals surface area (Å²) in [5, 5.41) is 7.92. The van der Waals surface area contributed by atoms with Crippen molar-refractivity contribution in [2.45, 2.75) is 31.7 Å². The van der Waals surface area contributed by atoms with Gasteiger partial charge in [0.25, 0.3) is 5.91 Å². The number of nitrogens with zero attached hydrogens (tertiary/aromatic N) is 2. The van der Waals surface area contributed by atoms with E-state index in [9.17, 15) is 9.59 Å². The standard InChI is InChI=1S/C21H22N4O3S/c26-20(13-3-4-13)24-18-10-25-9-14(5-6-19(25)23-18)15-8-17(29-12-15)21(27)22-16-2-1-7-28-11-16/h5-6,8-10,12-13,16H,1-4,7,11H2,(H,22,27)(H,24,26)/t16-/m0/s1. The largest absolute Gasteiger partial charge is 0.379 e. The molecule has 5 rings (SSSR count). The molecule has 1 saturated heterocycles. The zero-order valence-corrected chi connectivity index (χ0v) is 16.7. The van der Waals surface area contributed by atoms with Crippen molar-refractivity contribution in [3.63, 3.8) is 0 Å². The molecule has 29 heavy (non-hydrogen) atoms. The number of hydrogen-bond acceptors (Lipinski definition) is 5. The molecular weight excluding hydrogens is 388 g/mol. The highest BCUT2D eigenvalue weighted by Gasteiger charge is 2.30. The minimum Gasteiger partial charge on any atom is -0.379 e. The Morgan fingerprint density at radius 2 is 2.07 bits per heavy atom. The summed E-state index contributed by atoms with van der Waals surface area (Å²) in [4.78, 5) is 29.6. The quantitative estimate of drug-likeness (QED) is 0.676. The first kappa shape index (κ1) is 18.3. The van der Waals surface area contributed by atoms with Gasteiger partial charge in [-0.1, -0.05) is 0 Å². The Kier molecular flexibility index (Phi) is 4.81. The van der Waals surface area contributed by atoms with Gasteiger partial charge in [0, 0.05) is 18.7 Å². The number of carbonyl (C=O) groups is 2. The molecule has 4 heterocycles. The lowest BCUT2D eigenvalue weighted by atomic mass is 10.1. The van der Waals surface area contributed by atoms with Crippen LogP contribution >= 0.6 is 11.3 Å². The van der Waals surface area contributed by atoms with Gasteiger partial charge in [0.05, 0.1) is 23.7 Å². The molecular formula is C21H22N4O3S. The fourth-order valence-electron chi connectivity index (χ4n) is 3.51. The van der Waals surface area contributed by atoms with Crippen molar-refractivity contribution in [3.8, 4) is 11.1 Å². The molecule has 3 aromatic rings. The highest BCUT2D eigenvalue weighted by molar-refractivity contribution is 7.12. The Morgan fingerprint density at radius 1 is 1.17 bits per heavy atom. The van der Waals surface area contributed by atoms with Gasteiger partial charge in [-0.2, -0.15) is 0 Å². The molecule has 0 spiro atoms. The van der Waals surface area contributed by atoms with Gasteiger partial charge in [-0.05, 0) is 60.4 Å². The molecule has 2 fully saturated rings. The zero-order chi connectivity index (χ0) is 19.8. The van der Waals surface area contributed by atoms with Crippen LogP contribution in [-0.2, 0) is 9.53 Å². The average Bonchev–Trinajstić information content (AvgIpc) is 3.32. The van der Waals surface area contributed by atoms with E-state index in [0.29, 0.717) is 17.3 Å². The van der Waals surface area contributed by atoms with E-state index in [2.05, 4.69) is 15.6 Å². The van der Waals surface area contributed by atoms with Crippen molar-refractivity contribution in [1.82, 2.24) is 14.7 Å². The Balaban J connectivity index is 1.31. The van der Waals surface area contributed by atoms with Crippen molar-refractivity contribution in [3.05, 3.63) is 40.8 Å². The summed E-state index contributed by atoms with van der Waals surface area (Å²) in [6, 6.07) is 5.90. The normalized spacial score (nSPS) is 19.2.